The minimum Gasteiger partial charge on any atom is -0.398 e. The van der Waals surface area contributed by atoms with Gasteiger partial charge in [0.1, 0.15) is 0 Å². The van der Waals surface area contributed by atoms with E-state index < -0.39 is 11.7 Å². The molecule has 0 aliphatic carbocycles. The van der Waals surface area contributed by atoms with Crippen LogP contribution in [0.4, 0.5) is 18.9 Å². The van der Waals surface area contributed by atoms with Crippen LogP contribution in [-0.2, 0) is 12.6 Å². The molecular formula is C13H14F3N3O. The Morgan fingerprint density at radius 3 is 2.65 bits per heavy atom. The first-order chi connectivity index (χ1) is 9.41. The molecule has 0 aliphatic heterocycles. The van der Waals surface area contributed by atoms with Gasteiger partial charge in [0.15, 0.2) is 5.82 Å². The topological polar surface area (TPSA) is 64.9 Å². The van der Waals surface area contributed by atoms with E-state index in [1.807, 2.05) is 6.92 Å². The number of aryl methyl sites for hydroxylation is 1. The second kappa shape index (κ2) is 5.52. The predicted octanol–water partition coefficient (Wildman–Crippen LogP) is 3.68. The third-order valence-electron chi connectivity index (χ3n) is 2.83. The first-order valence-corrected chi connectivity index (χ1v) is 6.21. The second-order valence-corrected chi connectivity index (χ2v) is 4.42. The van der Waals surface area contributed by atoms with Crippen LogP contribution >= 0.6 is 0 Å². The molecule has 0 radical (unpaired) electrons. The Balaban J connectivity index is 2.27. The highest BCUT2D eigenvalue weighted by Gasteiger charge is 2.31. The molecule has 0 saturated carbocycles. The Labute approximate surface area is 113 Å². The van der Waals surface area contributed by atoms with Crippen LogP contribution in [0, 0.1) is 0 Å². The number of aromatic nitrogens is 2. The van der Waals surface area contributed by atoms with E-state index in [0.717, 1.165) is 25.0 Å². The van der Waals surface area contributed by atoms with E-state index in [4.69, 9.17) is 10.3 Å². The summed E-state index contributed by atoms with van der Waals surface area (Å²) in [4.78, 5) is 4.13. The van der Waals surface area contributed by atoms with Gasteiger partial charge in [-0.15, -0.1) is 0 Å². The molecule has 2 N–H and O–H groups in total. The number of hydrogen-bond acceptors (Lipinski definition) is 4. The fourth-order valence-corrected chi connectivity index (χ4v) is 1.73. The van der Waals surface area contributed by atoms with Crippen molar-refractivity contribution in [2.45, 2.75) is 32.4 Å². The van der Waals surface area contributed by atoms with Gasteiger partial charge < -0.3 is 10.3 Å². The van der Waals surface area contributed by atoms with E-state index in [1.54, 1.807) is 0 Å². The van der Waals surface area contributed by atoms with Crippen molar-refractivity contribution >= 4 is 5.69 Å². The Morgan fingerprint density at radius 2 is 2.05 bits per heavy atom. The highest BCUT2D eigenvalue weighted by Crippen LogP contribution is 2.34. The highest BCUT2D eigenvalue weighted by molar-refractivity contribution is 5.71. The molecule has 2 rings (SSSR count). The van der Waals surface area contributed by atoms with Crippen LogP contribution in [0.1, 0.15) is 31.2 Å². The van der Waals surface area contributed by atoms with Crippen LogP contribution in [-0.4, -0.2) is 10.1 Å². The fourth-order valence-electron chi connectivity index (χ4n) is 1.73. The van der Waals surface area contributed by atoms with Crippen molar-refractivity contribution in [2.75, 3.05) is 5.73 Å². The molecule has 0 amide bonds. The summed E-state index contributed by atoms with van der Waals surface area (Å²) in [6, 6.07) is 3.06. The summed E-state index contributed by atoms with van der Waals surface area (Å²) in [7, 11) is 0. The van der Waals surface area contributed by atoms with Crippen LogP contribution in [0.2, 0.25) is 0 Å². The number of nitrogen functional groups attached to an aromatic ring is 1. The van der Waals surface area contributed by atoms with Crippen molar-refractivity contribution in [3.05, 3.63) is 29.6 Å². The van der Waals surface area contributed by atoms with Gasteiger partial charge in [-0.2, -0.15) is 18.2 Å². The minimum absolute atomic E-state index is 0.0366. The number of rotatable bonds is 4. The van der Waals surface area contributed by atoms with Crippen LogP contribution < -0.4 is 5.73 Å². The van der Waals surface area contributed by atoms with Crippen LogP contribution in [0.5, 0.6) is 0 Å². The maximum absolute atomic E-state index is 12.5. The first kappa shape index (κ1) is 14.4. The zero-order valence-electron chi connectivity index (χ0n) is 10.9. The fraction of sp³-hybridized carbons (Fsp3) is 0.385. The number of halogens is 3. The van der Waals surface area contributed by atoms with Crippen LogP contribution in [0.25, 0.3) is 11.5 Å². The normalized spacial score (nSPS) is 11.8. The van der Waals surface area contributed by atoms with Gasteiger partial charge in [-0.25, -0.2) is 0 Å². The second-order valence-electron chi connectivity index (χ2n) is 4.42. The largest absolute Gasteiger partial charge is 0.416 e. The molecular weight excluding hydrogens is 271 g/mol. The summed E-state index contributed by atoms with van der Waals surface area (Å²) in [6.07, 6.45) is -1.85. The highest BCUT2D eigenvalue weighted by atomic mass is 19.4. The SMILES string of the molecule is CCCCc1noc(-c2ccc(C(F)(F)F)cc2N)n1. The molecule has 0 spiro atoms. The van der Waals surface area contributed by atoms with E-state index in [0.29, 0.717) is 17.8 Å². The van der Waals surface area contributed by atoms with Crippen molar-refractivity contribution in [3.8, 4) is 11.5 Å². The lowest BCUT2D eigenvalue weighted by Crippen LogP contribution is -2.06. The van der Waals surface area contributed by atoms with Crippen molar-refractivity contribution in [3.63, 3.8) is 0 Å². The van der Waals surface area contributed by atoms with Gasteiger partial charge in [0.25, 0.3) is 5.89 Å². The molecule has 4 nitrogen and oxygen atoms in total. The minimum atomic E-state index is -4.42. The smallest absolute Gasteiger partial charge is 0.398 e. The number of nitrogens with two attached hydrogens (primary N) is 1. The number of nitrogens with zero attached hydrogens (tertiary/aromatic N) is 2. The van der Waals surface area contributed by atoms with Gasteiger partial charge in [-0.3, -0.25) is 0 Å². The number of unbranched alkanes of at least 4 members (excludes halogenated alkanes) is 1. The molecule has 1 aromatic heterocycles. The maximum Gasteiger partial charge on any atom is 0.416 e. The Kier molecular flexibility index (Phi) is 3.96. The van der Waals surface area contributed by atoms with Gasteiger partial charge in [-0.05, 0) is 24.6 Å². The summed E-state index contributed by atoms with van der Waals surface area (Å²) in [5.74, 6) is 0.670. The predicted molar refractivity (Wildman–Crippen MR) is 67.8 cm³/mol. The summed E-state index contributed by atoms with van der Waals surface area (Å²) < 4.78 is 42.6. The molecule has 2 aromatic rings. The first-order valence-electron chi connectivity index (χ1n) is 6.21. The van der Waals surface area contributed by atoms with Gasteiger partial charge in [0.05, 0.1) is 11.1 Å². The molecule has 0 unspecified atom stereocenters. The lowest BCUT2D eigenvalue weighted by Gasteiger charge is -2.08. The van der Waals surface area contributed by atoms with Crippen molar-refractivity contribution in [1.82, 2.24) is 10.1 Å². The van der Waals surface area contributed by atoms with Gasteiger partial charge in [-0.1, -0.05) is 18.5 Å². The van der Waals surface area contributed by atoms with Crippen LogP contribution in [0.15, 0.2) is 22.7 Å². The standard InChI is InChI=1S/C13H14F3N3O/c1-2-3-4-11-18-12(20-19-11)9-6-5-8(7-10(9)17)13(14,15)16/h5-7H,2-4,17H2,1H3. The average molecular weight is 285 g/mol. The summed E-state index contributed by atoms with van der Waals surface area (Å²) in [5, 5.41) is 3.78. The molecule has 0 saturated heterocycles. The number of hydrogen-bond donors (Lipinski definition) is 1. The number of alkyl halides is 3. The van der Waals surface area contributed by atoms with Crippen molar-refractivity contribution < 1.29 is 17.7 Å². The van der Waals surface area contributed by atoms with Crippen molar-refractivity contribution in [1.29, 1.82) is 0 Å². The zero-order valence-corrected chi connectivity index (χ0v) is 10.9. The van der Waals surface area contributed by atoms with E-state index in [2.05, 4.69) is 10.1 Å². The molecule has 0 aliphatic rings. The lowest BCUT2D eigenvalue weighted by atomic mass is 10.1. The average Bonchev–Trinajstić information content (AvgIpc) is 2.83. The number of anilines is 1. The molecule has 7 heteroatoms. The van der Waals surface area contributed by atoms with E-state index >= 15 is 0 Å². The van der Waals surface area contributed by atoms with Gasteiger partial charge in [0, 0.05) is 12.1 Å². The van der Waals surface area contributed by atoms with Gasteiger partial charge in [0.2, 0.25) is 0 Å². The molecule has 0 fully saturated rings. The van der Waals surface area contributed by atoms with E-state index in [1.165, 1.54) is 6.07 Å². The van der Waals surface area contributed by atoms with Crippen molar-refractivity contribution in [2.24, 2.45) is 0 Å². The molecule has 1 heterocycles. The van der Waals surface area contributed by atoms with E-state index in [9.17, 15) is 13.2 Å². The Bertz CT molecular complexity index is 593. The Morgan fingerprint density at radius 1 is 1.30 bits per heavy atom. The number of benzene rings is 1. The summed E-state index contributed by atoms with van der Waals surface area (Å²) >= 11 is 0. The third-order valence-corrected chi connectivity index (χ3v) is 2.83. The zero-order chi connectivity index (χ0) is 14.8. The third kappa shape index (κ3) is 3.09. The van der Waals surface area contributed by atoms with Gasteiger partial charge >= 0.3 is 6.18 Å². The summed E-state index contributed by atoms with van der Waals surface area (Å²) in [5.41, 5.74) is 5.11. The maximum atomic E-state index is 12.5. The monoisotopic (exact) mass is 285 g/mol. The lowest BCUT2D eigenvalue weighted by molar-refractivity contribution is -0.137. The molecule has 0 atom stereocenters. The summed E-state index contributed by atoms with van der Waals surface area (Å²) in [6.45, 7) is 2.04. The molecule has 0 bridgehead atoms. The van der Waals surface area contributed by atoms with Crippen LogP contribution in [0.3, 0.4) is 0 Å². The Hall–Kier alpha value is -2.05. The molecule has 108 valence electrons. The molecule has 1 aromatic carbocycles. The molecule has 20 heavy (non-hydrogen) atoms. The quantitative estimate of drug-likeness (QED) is 0.870. The van der Waals surface area contributed by atoms with E-state index in [-0.39, 0.29) is 11.6 Å².